The number of halogens is 3. The number of rotatable bonds is 6. The summed E-state index contributed by atoms with van der Waals surface area (Å²) in [6.07, 6.45) is 0. The number of aromatic hydroxyl groups is 1. The predicted octanol–water partition coefficient (Wildman–Crippen LogP) is 5.68. The smallest absolute Gasteiger partial charge is 0.405 e. The molecule has 0 aliphatic heterocycles. The van der Waals surface area contributed by atoms with Gasteiger partial charge in [-0.05, 0) is 48.0 Å². The molecule has 0 saturated heterocycles. The summed E-state index contributed by atoms with van der Waals surface area (Å²) in [7, 11) is -4.65. The van der Waals surface area contributed by atoms with Crippen LogP contribution in [0.5, 0.6) is 5.75 Å². The molecule has 0 bridgehead atoms. The zero-order valence-corrected chi connectivity index (χ0v) is 15.1. The van der Waals surface area contributed by atoms with Gasteiger partial charge < -0.3 is 14.2 Å². The first-order valence-electron chi connectivity index (χ1n) is 6.45. The number of thiophene rings is 1. The van der Waals surface area contributed by atoms with Gasteiger partial charge in [-0.25, -0.2) is 0 Å². The average molecular weight is 415 g/mol. The largest absolute Gasteiger partial charge is 0.508 e. The lowest BCUT2D eigenvalue weighted by Crippen LogP contribution is -2.17. The molecule has 0 aliphatic rings. The molecule has 1 aromatic heterocycles. The lowest BCUT2D eigenvalue weighted by atomic mass is 10.2. The van der Waals surface area contributed by atoms with Crippen LogP contribution in [-0.2, 0) is 19.3 Å². The number of alkyl halides is 2. The van der Waals surface area contributed by atoms with Crippen LogP contribution in [0.15, 0.2) is 22.7 Å². The van der Waals surface area contributed by atoms with Gasteiger partial charge in [-0.15, -0.1) is 11.3 Å². The third kappa shape index (κ3) is 2.95. The maximum atomic E-state index is 14.8. The fourth-order valence-corrected chi connectivity index (χ4v) is 5.88. The Morgan fingerprint density at radius 1 is 1.32 bits per heavy atom. The topological polar surface area (TPSA) is 55.8 Å². The Balaban J connectivity index is 2.61. The Hall–Kier alpha value is -0.530. The van der Waals surface area contributed by atoms with Crippen LogP contribution in [0.4, 0.5) is 8.78 Å². The number of hydrogen-bond acceptors (Lipinski definition) is 5. The van der Waals surface area contributed by atoms with Gasteiger partial charge in [-0.2, -0.15) is 8.78 Å². The molecule has 0 amide bonds. The molecule has 2 rings (SSSR count). The van der Waals surface area contributed by atoms with Crippen molar-refractivity contribution in [1.82, 2.24) is 0 Å². The highest BCUT2D eigenvalue weighted by atomic mass is 79.9. The zero-order chi connectivity index (χ0) is 16.5. The first kappa shape index (κ1) is 17.8. The minimum absolute atomic E-state index is 0.0429. The Labute approximate surface area is 138 Å². The van der Waals surface area contributed by atoms with E-state index in [0.717, 1.165) is 11.3 Å². The number of benzene rings is 1. The first-order valence-corrected chi connectivity index (χ1v) is 9.60. The highest BCUT2D eigenvalue weighted by molar-refractivity contribution is 9.10. The predicted molar refractivity (Wildman–Crippen MR) is 85.9 cm³/mol. The molecule has 2 aromatic rings. The zero-order valence-electron chi connectivity index (χ0n) is 11.8. The standard InChI is InChI=1S/C13H14BrF2O4PS/c1-3-19-21(18,20-4-2)13(15,16)12-11(14)9-7-8(17)5-6-10(9)22-12/h5-7,17H,3-4H2,1-2H3. The summed E-state index contributed by atoms with van der Waals surface area (Å²) in [4.78, 5) is -0.446. The van der Waals surface area contributed by atoms with Crippen molar-refractivity contribution in [1.29, 1.82) is 0 Å². The SMILES string of the molecule is CCOP(=O)(OCC)C(F)(F)c1sc2ccc(O)cc2c1Br. The fourth-order valence-electron chi connectivity index (χ4n) is 1.91. The van der Waals surface area contributed by atoms with Gasteiger partial charge in [0, 0.05) is 14.6 Å². The van der Waals surface area contributed by atoms with E-state index in [0.29, 0.717) is 10.1 Å². The minimum atomic E-state index is -4.65. The highest BCUT2D eigenvalue weighted by Crippen LogP contribution is 2.69. The van der Waals surface area contributed by atoms with Crippen molar-refractivity contribution < 1.29 is 27.5 Å². The molecule has 0 radical (unpaired) electrons. The highest BCUT2D eigenvalue weighted by Gasteiger charge is 2.57. The molecule has 9 heteroatoms. The van der Waals surface area contributed by atoms with Crippen LogP contribution < -0.4 is 0 Å². The molecule has 0 fully saturated rings. The van der Waals surface area contributed by atoms with Gasteiger partial charge in [0.2, 0.25) is 0 Å². The molecule has 0 atom stereocenters. The molecule has 0 spiro atoms. The molecule has 1 N–H and O–H groups in total. The van der Waals surface area contributed by atoms with Gasteiger partial charge >= 0.3 is 13.3 Å². The molecule has 4 nitrogen and oxygen atoms in total. The van der Waals surface area contributed by atoms with E-state index in [9.17, 15) is 18.5 Å². The van der Waals surface area contributed by atoms with Crippen LogP contribution in [0.1, 0.15) is 18.7 Å². The van der Waals surface area contributed by atoms with E-state index in [4.69, 9.17) is 9.05 Å². The molecule has 1 heterocycles. The van der Waals surface area contributed by atoms with Crippen molar-refractivity contribution in [3.8, 4) is 5.75 Å². The summed E-state index contributed by atoms with van der Waals surface area (Å²) in [5.74, 6) is -0.0429. The molecule has 0 aliphatic carbocycles. The van der Waals surface area contributed by atoms with Crippen LogP contribution in [0, 0.1) is 0 Å². The Morgan fingerprint density at radius 2 is 1.91 bits per heavy atom. The molecular weight excluding hydrogens is 401 g/mol. The summed E-state index contributed by atoms with van der Waals surface area (Å²) in [5, 5.41) is 9.90. The van der Waals surface area contributed by atoms with Crippen LogP contribution >= 0.6 is 34.9 Å². The fraction of sp³-hybridized carbons (Fsp3) is 0.385. The van der Waals surface area contributed by atoms with Crippen LogP contribution in [0.3, 0.4) is 0 Å². The molecule has 122 valence electrons. The normalized spacial score (nSPS) is 13.0. The van der Waals surface area contributed by atoms with Crippen molar-refractivity contribution in [2.75, 3.05) is 13.2 Å². The van der Waals surface area contributed by atoms with Crippen molar-refractivity contribution in [3.05, 3.63) is 27.5 Å². The summed E-state index contributed by atoms with van der Waals surface area (Å²) >= 11 is 3.88. The Bertz CT molecular complexity index is 724. The monoisotopic (exact) mass is 414 g/mol. The van der Waals surface area contributed by atoms with Crippen molar-refractivity contribution in [3.63, 3.8) is 0 Å². The summed E-state index contributed by atoms with van der Waals surface area (Å²) in [6, 6.07) is 4.28. The van der Waals surface area contributed by atoms with E-state index in [2.05, 4.69) is 15.9 Å². The van der Waals surface area contributed by atoms with E-state index in [1.165, 1.54) is 32.0 Å². The maximum Gasteiger partial charge on any atom is 0.405 e. The molecular formula is C13H14BrF2O4PS. The van der Waals surface area contributed by atoms with Crippen LogP contribution in [-0.4, -0.2) is 18.3 Å². The van der Waals surface area contributed by atoms with Gasteiger partial charge in [0.05, 0.1) is 13.2 Å². The van der Waals surface area contributed by atoms with E-state index >= 15 is 0 Å². The number of fused-ring (bicyclic) bond motifs is 1. The van der Waals surface area contributed by atoms with Crippen LogP contribution in [0.25, 0.3) is 10.1 Å². The maximum absolute atomic E-state index is 14.8. The second-order valence-corrected chi connectivity index (χ2v) is 8.22. The van der Waals surface area contributed by atoms with E-state index in [-0.39, 0.29) is 23.4 Å². The van der Waals surface area contributed by atoms with Gasteiger partial charge in [-0.3, -0.25) is 4.57 Å². The molecule has 0 saturated carbocycles. The first-order chi connectivity index (χ1) is 10.3. The van der Waals surface area contributed by atoms with E-state index < -0.39 is 18.1 Å². The lowest BCUT2D eigenvalue weighted by molar-refractivity contribution is 0.0387. The average Bonchev–Trinajstić information content (AvgIpc) is 2.77. The third-order valence-electron chi connectivity index (χ3n) is 2.83. The summed E-state index contributed by atoms with van der Waals surface area (Å²) in [5.41, 5.74) is -3.79. The van der Waals surface area contributed by atoms with Crippen LogP contribution in [0.2, 0.25) is 0 Å². The van der Waals surface area contributed by atoms with Gasteiger partial charge in [0.25, 0.3) is 0 Å². The van der Waals surface area contributed by atoms with Gasteiger partial charge in [-0.1, -0.05) is 0 Å². The van der Waals surface area contributed by atoms with Gasteiger partial charge in [0.1, 0.15) is 10.6 Å². The van der Waals surface area contributed by atoms with Crippen molar-refractivity contribution in [2.45, 2.75) is 19.5 Å². The summed E-state index contributed by atoms with van der Waals surface area (Å²) in [6.45, 7) is 2.63. The van der Waals surface area contributed by atoms with Crippen molar-refractivity contribution in [2.24, 2.45) is 0 Å². The third-order valence-corrected chi connectivity index (χ3v) is 7.41. The second kappa shape index (κ2) is 6.53. The van der Waals surface area contributed by atoms with Crippen molar-refractivity contribution >= 4 is 44.9 Å². The molecule has 0 unspecified atom stereocenters. The second-order valence-electron chi connectivity index (χ2n) is 4.30. The van der Waals surface area contributed by atoms with Gasteiger partial charge in [0.15, 0.2) is 0 Å². The lowest BCUT2D eigenvalue weighted by Gasteiger charge is -2.25. The Morgan fingerprint density at radius 3 is 2.45 bits per heavy atom. The van der Waals surface area contributed by atoms with E-state index in [1.807, 2.05) is 0 Å². The Kier molecular flexibility index (Phi) is 5.29. The summed E-state index contributed by atoms with van der Waals surface area (Å²) < 4.78 is 52.2. The quantitative estimate of drug-likeness (QED) is 0.617. The minimum Gasteiger partial charge on any atom is -0.508 e. The molecule has 22 heavy (non-hydrogen) atoms. The number of hydrogen-bond donors (Lipinski definition) is 1. The number of phenols is 1. The number of phenolic OH excluding ortho intramolecular Hbond substituents is 1. The molecule has 1 aromatic carbocycles. The van der Waals surface area contributed by atoms with E-state index in [1.54, 1.807) is 0 Å².